The standard InChI is InChI=1S/C50H66N2O12/c1-11-51-17-13-49(14-18-51)33-25-37(53-3)45(38(26-33)54-4)61-21-23-63-47-41(57-7)29-35(30-42(47)58-8)50(15-19-52(12-2)20-16-50)36-31-43(59-9)48(44(32-36)60-10)64-24-22-62-46-39(55-5)27-34(49)28-40(46)56-6/h25-32H,11-24H2,1-10H3. The number of piperidine rings is 2. The van der Waals surface area contributed by atoms with E-state index in [0.29, 0.717) is 69.0 Å². The third-order valence-electron chi connectivity index (χ3n) is 13.5. The van der Waals surface area contributed by atoms with Crippen LogP contribution in [0, 0.1) is 0 Å². The van der Waals surface area contributed by atoms with E-state index in [4.69, 9.17) is 56.8 Å². The van der Waals surface area contributed by atoms with Crippen LogP contribution in [-0.2, 0) is 10.8 Å². The van der Waals surface area contributed by atoms with E-state index in [0.717, 1.165) is 87.2 Å². The van der Waals surface area contributed by atoms with Gasteiger partial charge in [-0.25, -0.2) is 0 Å². The van der Waals surface area contributed by atoms with Crippen LogP contribution in [0.2, 0.25) is 0 Å². The van der Waals surface area contributed by atoms with E-state index in [-0.39, 0.29) is 26.4 Å². The van der Waals surface area contributed by atoms with Crippen molar-refractivity contribution in [3.05, 3.63) is 70.8 Å². The summed E-state index contributed by atoms with van der Waals surface area (Å²) in [6.07, 6.45) is 3.30. The number of ether oxygens (including phenoxy) is 12. The van der Waals surface area contributed by atoms with E-state index in [1.165, 1.54) is 0 Å². The van der Waals surface area contributed by atoms with Gasteiger partial charge in [0, 0.05) is 10.8 Å². The van der Waals surface area contributed by atoms with Crippen molar-refractivity contribution in [2.45, 2.75) is 50.4 Å². The highest BCUT2D eigenvalue weighted by Gasteiger charge is 2.42. The monoisotopic (exact) mass is 886 g/mol. The summed E-state index contributed by atoms with van der Waals surface area (Å²) in [7, 11) is 13.2. The molecule has 0 aliphatic carbocycles. The number of rotatable bonds is 10. The molecule has 0 unspecified atom stereocenters. The van der Waals surface area contributed by atoms with Crippen LogP contribution in [0.15, 0.2) is 48.5 Å². The first-order chi connectivity index (χ1) is 31.2. The Labute approximate surface area is 378 Å². The number of hydrogen-bond donors (Lipinski definition) is 0. The van der Waals surface area contributed by atoms with Gasteiger partial charge in [0.15, 0.2) is 46.0 Å². The second-order valence-electron chi connectivity index (χ2n) is 16.3. The molecule has 2 saturated heterocycles. The van der Waals surface area contributed by atoms with Crippen molar-refractivity contribution in [3.8, 4) is 69.0 Å². The molecular formula is C50H66N2O12. The Balaban J connectivity index is 1.37. The summed E-state index contributed by atoms with van der Waals surface area (Å²) in [5.41, 5.74) is 3.16. The summed E-state index contributed by atoms with van der Waals surface area (Å²) in [5, 5.41) is 0. The molecule has 0 amide bonds. The van der Waals surface area contributed by atoms with Gasteiger partial charge in [-0.3, -0.25) is 0 Å². The zero-order valence-corrected chi connectivity index (χ0v) is 39.3. The Kier molecular flexibility index (Phi) is 14.9. The average Bonchev–Trinajstić information content (AvgIpc) is 3.35. The molecule has 8 bridgehead atoms. The van der Waals surface area contributed by atoms with E-state index >= 15 is 0 Å². The van der Waals surface area contributed by atoms with Gasteiger partial charge in [0.1, 0.15) is 26.4 Å². The molecule has 9 aliphatic rings. The van der Waals surface area contributed by atoms with Gasteiger partial charge in [-0.1, -0.05) is 13.8 Å². The predicted molar refractivity (Wildman–Crippen MR) is 244 cm³/mol. The second kappa shape index (κ2) is 20.5. The lowest BCUT2D eigenvalue weighted by atomic mass is 9.67. The van der Waals surface area contributed by atoms with Crippen LogP contribution in [0.3, 0.4) is 0 Å². The first kappa shape index (κ1) is 46.4. The van der Waals surface area contributed by atoms with Crippen LogP contribution < -0.4 is 56.8 Å². The maximum atomic E-state index is 6.46. The average molecular weight is 887 g/mol. The lowest BCUT2D eigenvalue weighted by molar-refractivity contribution is 0.181. The Bertz CT molecular complexity index is 1820. The van der Waals surface area contributed by atoms with E-state index in [1.54, 1.807) is 56.9 Å². The SMILES string of the molecule is CCN1CCC2(CC1)c1cc(OC)c(c(OC)c1)OCCOc1c(OC)cc(cc1OC)C1(CCN(CC)CC1)c1cc(OC)c(c(OC)c1)OCCOc1c(OC)cc2cc1OC. The normalized spacial score (nSPS) is 17.5. The van der Waals surface area contributed by atoms with Crippen molar-refractivity contribution in [1.29, 1.82) is 0 Å². The number of hydrogen-bond acceptors (Lipinski definition) is 14. The minimum absolute atomic E-state index is 0.178. The largest absolute Gasteiger partial charge is 0.493 e. The van der Waals surface area contributed by atoms with Crippen molar-refractivity contribution in [2.24, 2.45) is 0 Å². The van der Waals surface area contributed by atoms with Crippen molar-refractivity contribution >= 4 is 0 Å². The molecule has 348 valence electrons. The van der Waals surface area contributed by atoms with Crippen LogP contribution in [0.5, 0.6) is 69.0 Å². The summed E-state index contributed by atoms with van der Waals surface area (Å²) in [4.78, 5) is 4.92. The summed E-state index contributed by atoms with van der Waals surface area (Å²) in [6, 6.07) is 16.5. The van der Waals surface area contributed by atoms with Gasteiger partial charge in [-0.05, 0) is 136 Å². The fourth-order valence-corrected chi connectivity index (χ4v) is 9.76. The first-order valence-electron chi connectivity index (χ1n) is 22.2. The first-order valence-corrected chi connectivity index (χ1v) is 22.2. The molecule has 4 aromatic carbocycles. The van der Waals surface area contributed by atoms with Crippen LogP contribution in [0.1, 0.15) is 61.8 Å². The maximum Gasteiger partial charge on any atom is 0.203 e. The predicted octanol–water partition coefficient (Wildman–Crippen LogP) is 7.79. The molecule has 4 aromatic rings. The molecule has 13 rings (SSSR count). The molecule has 64 heavy (non-hydrogen) atoms. The number of benzene rings is 4. The van der Waals surface area contributed by atoms with Gasteiger partial charge in [0.05, 0.1) is 56.9 Å². The van der Waals surface area contributed by atoms with Crippen molar-refractivity contribution in [2.75, 3.05) is 123 Å². The van der Waals surface area contributed by atoms with Crippen LogP contribution in [0.25, 0.3) is 0 Å². The molecule has 0 aromatic heterocycles. The highest BCUT2D eigenvalue weighted by atomic mass is 16.6. The maximum absolute atomic E-state index is 6.46. The molecular weight excluding hydrogens is 821 g/mol. The Morgan fingerprint density at radius 2 is 0.547 bits per heavy atom. The van der Waals surface area contributed by atoms with Crippen molar-refractivity contribution in [1.82, 2.24) is 9.80 Å². The van der Waals surface area contributed by atoms with Crippen molar-refractivity contribution < 1.29 is 56.8 Å². The molecule has 0 N–H and O–H groups in total. The van der Waals surface area contributed by atoms with Crippen LogP contribution in [0.4, 0.5) is 0 Å². The minimum Gasteiger partial charge on any atom is -0.493 e. The molecule has 0 atom stereocenters. The van der Waals surface area contributed by atoms with Crippen LogP contribution in [-0.4, -0.2) is 132 Å². The smallest absolute Gasteiger partial charge is 0.203 e. The minimum atomic E-state index is -0.467. The van der Waals surface area contributed by atoms with E-state index < -0.39 is 10.8 Å². The highest BCUT2D eigenvalue weighted by molar-refractivity contribution is 5.63. The van der Waals surface area contributed by atoms with Gasteiger partial charge in [0.2, 0.25) is 23.0 Å². The molecule has 2 fully saturated rings. The van der Waals surface area contributed by atoms with Gasteiger partial charge in [0.25, 0.3) is 0 Å². The fourth-order valence-electron chi connectivity index (χ4n) is 9.76. The third-order valence-corrected chi connectivity index (χ3v) is 13.5. The van der Waals surface area contributed by atoms with Gasteiger partial charge in [-0.15, -0.1) is 0 Å². The zero-order chi connectivity index (χ0) is 45.4. The molecule has 0 saturated carbocycles. The highest BCUT2D eigenvalue weighted by Crippen LogP contribution is 2.53. The van der Waals surface area contributed by atoms with Gasteiger partial charge >= 0.3 is 0 Å². The molecule has 14 heteroatoms. The Morgan fingerprint density at radius 1 is 0.359 bits per heavy atom. The fraction of sp³-hybridized carbons (Fsp3) is 0.520. The Morgan fingerprint density at radius 3 is 0.703 bits per heavy atom. The third kappa shape index (κ3) is 8.78. The van der Waals surface area contributed by atoms with E-state index in [2.05, 4.69) is 72.2 Å². The van der Waals surface area contributed by atoms with Crippen molar-refractivity contribution in [3.63, 3.8) is 0 Å². The van der Waals surface area contributed by atoms with E-state index in [1.807, 2.05) is 0 Å². The number of methoxy groups -OCH3 is 8. The molecule has 2 spiro atoms. The molecule has 14 nitrogen and oxygen atoms in total. The van der Waals surface area contributed by atoms with E-state index in [9.17, 15) is 0 Å². The quantitative estimate of drug-likeness (QED) is 0.154. The van der Waals surface area contributed by atoms with Gasteiger partial charge < -0.3 is 66.6 Å². The second-order valence-corrected chi connectivity index (χ2v) is 16.3. The zero-order valence-electron chi connectivity index (χ0n) is 39.3. The lowest BCUT2D eigenvalue weighted by Crippen LogP contribution is -2.43. The Hall–Kier alpha value is -5.60. The summed E-state index contributed by atoms with van der Waals surface area (Å²) < 4.78 is 74.3. The van der Waals surface area contributed by atoms with Crippen LogP contribution >= 0.6 is 0 Å². The lowest BCUT2D eigenvalue weighted by Gasteiger charge is -2.43. The molecule has 9 heterocycles. The van der Waals surface area contributed by atoms with Gasteiger partial charge in [-0.2, -0.15) is 0 Å². The molecule has 0 radical (unpaired) electrons. The topological polar surface area (TPSA) is 117 Å². The number of nitrogens with zero attached hydrogens (tertiary/aromatic N) is 2. The number of likely N-dealkylation sites (tertiary alicyclic amines) is 2. The summed E-state index contributed by atoms with van der Waals surface area (Å²) in [6.45, 7) is 10.6. The summed E-state index contributed by atoms with van der Waals surface area (Å²) >= 11 is 0. The summed E-state index contributed by atoms with van der Waals surface area (Å²) in [5.74, 6) is 6.30. The molecule has 9 aliphatic heterocycles.